The van der Waals surface area contributed by atoms with Crippen molar-refractivity contribution >= 4 is 8.32 Å². The minimum absolute atomic E-state index is 0.301. The van der Waals surface area contributed by atoms with Gasteiger partial charge in [0, 0.05) is 13.2 Å². The van der Waals surface area contributed by atoms with E-state index in [9.17, 15) is 0 Å². The monoisotopic (exact) mass is 283 g/mol. The largest absolute Gasteiger partial charge is 0.416 e. The smallest absolute Gasteiger partial charge is 0.192 e. The Morgan fingerprint density at radius 2 is 1.89 bits per heavy atom. The average molecular weight is 284 g/mol. The predicted octanol–water partition coefficient (Wildman–Crippen LogP) is 4.51. The summed E-state index contributed by atoms with van der Waals surface area (Å²) in [6.07, 6.45) is 6.20. The van der Waals surface area contributed by atoms with Gasteiger partial charge in [0.15, 0.2) is 8.32 Å². The van der Waals surface area contributed by atoms with Crippen LogP contribution in [0.3, 0.4) is 0 Å². The van der Waals surface area contributed by atoms with Gasteiger partial charge in [-0.25, -0.2) is 0 Å². The van der Waals surface area contributed by atoms with Crippen LogP contribution in [0.5, 0.6) is 0 Å². The molecule has 3 heteroatoms. The van der Waals surface area contributed by atoms with Gasteiger partial charge >= 0.3 is 0 Å². The van der Waals surface area contributed by atoms with Crippen molar-refractivity contribution in [1.29, 1.82) is 0 Å². The molecule has 0 aromatic rings. The average Bonchev–Trinajstić information content (AvgIpc) is 2.30. The van der Waals surface area contributed by atoms with E-state index in [2.05, 4.69) is 58.8 Å². The summed E-state index contributed by atoms with van der Waals surface area (Å²) in [7, 11) is -1.57. The molecule has 0 saturated heterocycles. The van der Waals surface area contributed by atoms with Gasteiger partial charge < -0.3 is 9.74 Å². The van der Waals surface area contributed by atoms with Gasteiger partial charge in [0.1, 0.15) is 0 Å². The zero-order valence-electron chi connectivity index (χ0n) is 13.8. The van der Waals surface area contributed by atoms with Crippen LogP contribution in [0.15, 0.2) is 24.3 Å². The molecule has 0 heterocycles. The van der Waals surface area contributed by atoms with Gasteiger partial charge in [-0.05, 0) is 37.5 Å². The molecule has 0 rings (SSSR count). The highest BCUT2D eigenvalue weighted by molar-refractivity contribution is 6.74. The number of rotatable bonds is 9. The lowest BCUT2D eigenvalue weighted by Crippen LogP contribution is -2.42. The Labute approximate surface area is 121 Å². The fourth-order valence-corrected chi connectivity index (χ4v) is 2.56. The van der Waals surface area contributed by atoms with Crippen molar-refractivity contribution in [1.82, 2.24) is 5.32 Å². The molecule has 0 unspecified atom stereocenters. The van der Waals surface area contributed by atoms with Crippen LogP contribution in [0.25, 0.3) is 0 Å². The number of hydrogen-bond donors (Lipinski definition) is 1. The maximum atomic E-state index is 6.12. The van der Waals surface area contributed by atoms with Gasteiger partial charge in [0.25, 0.3) is 0 Å². The molecule has 0 bridgehead atoms. The summed E-state index contributed by atoms with van der Waals surface area (Å²) in [6, 6.07) is 0. The van der Waals surface area contributed by atoms with Gasteiger partial charge in [0.05, 0.1) is 0 Å². The molecule has 0 spiro atoms. The first-order valence-corrected chi connectivity index (χ1v) is 10.3. The van der Waals surface area contributed by atoms with E-state index in [4.69, 9.17) is 4.43 Å². The van der Waals surface area contributed by atoms with Crippen LogP contribution in [0.2, 0.25) is 18.1 Å². The van der Waals surface area contributed by atoms with E-state index in [1.54, 1.807) is 0 Å². The SMILES string of the molecule is C=C/C=C(\CC)CCNCCO[Si](C)(C)C(C)(C)C. The summed E-state index contributed by atoms with van der Waals surface area (Å²) in [5.74, 6) is 0. The molecule has 0 aromatic carbocycles. The molecule has 0 saturated carbocycles. The quantitative estimate of drug-likeness (QED) is 0.382. The van der Waals surface area contributed by atoms with Crippen LogP contribution < -0.4 is 5.32 Å². The minimum atomic E-state index is -1.57. The van der Waals surface area contributed by atoms with E-state index >= 15 is 0 Å². The topological polar surface area (TPSA) is 21.3 Å². The van der Waals surface area contributed by atoms with Crippen molar-refractivity contribution in [3.63, 3.8) is 0 Å². The molecule has 19 heavy (non-hydrogen) atoms. The van der Waals surface area contributed by atoms with Crippen LogP contribution in [-0.4, -0.2) is 28.0 Å². The van der Waals surface area contributed by atoms with Crippen molar-refractivity contribution < 1.29 is 4.43 Å². The van der Waals surface area contributed by atoms with E-state index in [0.29, 0.717) is 5.04 Å². The van der Waals surface area contributed by atoms with E-state index < -0.39 is 8.32 Å². The lowest BCUT2D eigenvalue weighted by atomic mass is 10.1. The zero-order chi connectivity index (χ0) is 14.9. The summed E-state index contributed by atoms with van der Waals surface area (Å²) < 4.78 is 6.12. The summed E-state index contributed by atoms with van der Waals surface area (Å²) in [5.41, 5.74) is 1.45. The highest BCUT2D eigenvalue weighted by Gasteiger charge is 2.36. The van der Waals surface area contributed by atoms with E-state index in [1.165, 1.54) is 5.57 Å². The molecule has 1 N–H and O–H groups in total. The van der Waals surface area contributed by atoms with Gasteiger partial charge in [0.2, 0.25) is 0 Å². The normalized spacial score (nSPS) is 13.7. The summed E-state index contributed by atoms with van der Waals surface area (Å²) in [6.45, 7) is 20.2. The standard InChI is InChI=1S/C16H33NOSi/c1-8-10-15(9-2)11-12-17-13-14-18-19(6,7)16(3,4)5/h8,10,17H,1,9,11-14H2,2-7H3/b15-10+. The molecule has 0 atom stereocenters. The minimum Gasteiger partial charge on any atom is -0.416 e. The second-order valence-electron chi connectivity index (χ2n) is 6.52. The lowest BCUT2D eigenvalue weighted by Gasteiger charge is -2.36. The highest BCUT2D eigenvalue weighted by Crippen LogP contribution is 2.36. The van der Waals surface area contributed by atoms with Crippen LogP contribution in [0.1, 0.15) is 40.5 Å². The maximum absolute atomic E-state index is 6.12. The molecule has 0 amide bonds. The molecule has 0 fully saturated rings. The van der Waals surface area contributed by atoms with Crippen LogP contribution in [-0.2, 0) is 4.43 Å². The summed E-state index contributed by atoms with van der Waals surface area (Å²) >= 11 is 0. The molecular formula is C16H33NOSi. The lowest BCUT2D eigenvalue weighted by molar-refractivity contribution is 0.286. The first kappa shape index (κ1) is 18.6. The van der Waals surface area contributed by atoms with Crippen LogP contribution >= 0.6 is 0 Å². The van der Waals surface area contributed by atoms with Crippen molar-refractivity contribution in [3.8, 4) is 0 Å². The van der Waals surface area contributed by atoms with Gasteiger partial charge in [-0.2, -0.15) is 0 Å². The van der Waals surface area contributed by atoms with E-state index in [1.807, 2.05) is 6.08 Å². The van der Waals surface area contributed by atoms with E-state index in [-0.39, 0.29) is 0 Å². The predicted molar refractivity (Wildman–Crippen MR) is 89.2 cm³/mol. The summed E-state index contributed by atoms with van der Waals surface area (Å²) in [5, 5.41) is 3.76. The Morgan fingerprint density at radius 1 is 1.26 bits per heavy atom. The zero-order valence-corrected chi connectivity index (χ0v) is 14.8. The number of hydrogen-bond acceptors (Lipinski definition) is 2. The summed E-state index contributed by atoms with van der Waals surface area (Å²) in [4.78, 5) is 0. The Hall–Kier alpha value is -0.383. The van der Waals surface area contributed by atoms with Crippen LogP contribution in [0.4, 0.5) is 0 Å². The third-order valence-corrected chi connectivity index (χ3v) is 8.52. The third kappa shape index (κ3) is 7.70. The van der Waals surface area contributed by atoms with Crippen molar-refractivity contribution in [3.05, 3.63) is 24.3 Å². The molecule has 0 aliphatic carbocycles. The molecule has 0 aromatic heterocycles. The first-order valence-electron chi connectivity index (χ1n) is 7.39. The Balaban J connectivity index is 3.78. The molecular weight excluding hydrogens is 250 g/mol. The Morgan fingerprint density at radius 3 is 2.37 bits per heavy atom. The van der Waals surface area contributed by atoms with Crippen molar-refractivity contribution in [2.75, 3.05) is 19.7 Å². The fourth-order valence-electron chi connectivity index (χ4n) is 1.51. The molecule has 2 nitrogen and oxygen atoms in total. The second-order valence-corrected chi connectivity index (χ2v) is 11.3. The third-order valence-electron chi connectivity index (χ3n) is 3.98. The molecule has 0 radical (unpaired) electrons. The van der Waals surface area contributed by atoms with Gasteiger partial charge in [-0.1, -0.05) is 52.0 Å². The van der Waals surface area contributed by atoms with Gasteiger partial charge in [-0.3, -0.25) is 0 Å². The van der Waals surface area contributed by atoms with Gasteiger partial charge in [-0.15, -0.1) is 0 Å². The van der Waals surface area contributed by atoms with E-state index in [0.717, 1.165) is 32.5 Å². The van der Waals surface area contributed by atoms with Crippen LogP contribution in [0, 0.1) is 0 Å². The Kier molecular flexibility index (Phi) is 8.55. The molecule has 0 aliphatic heterocycles. The number of allylic oxidation sites excluding steroid dienone is 2. The Bertz CT molecular complexity index is 290. The fraction of sp³-hybridized carbons (Fsp3) is 0.750. The number of nitrogens with one attached hydrogen (secondary N) is 1. The van der Waals surface area contributed by atoms with Crippen molar-refractivity contribution in [2.24, 2.45) is 0 Å². The second kappa shape index (κ2) is 8.72. The first-order chi connectivity index (χ1) is 8.74. The molecule has 0 aliphatic rings. The maximum Gasteiger partial charge on any atom is 0.192 e. The highest BCUT2D eigenvalue weighted by atomic mass is 28.4. The molecule has 112 valence electrons. The van der Waals surface area contributed by atoms with Crippen molar-refractivity contribution in [2.45, 2.75) is 58.7 Å².